The van der Waals surface area contributed by atoms with Gasteiger partial charge >= 0.3 is 0 Å². The van der Waals surface area contributed by atoms with Crippen molar-refractivity contribution in [2.24, 2.45) is 0 Å². The summed E-state index contributed by atoms with van der Waals surface area (Å²) in [6, 6.07) is 13.6. The maximum Gasteiger partial charge on any atom is 0.300 e. The third kappa shape index (κ3) is 4.74. The van der Waals surface area contributed by atoms with Gasteiger partial charge in [0.25, 0.3) is 11.7 Å². The quantitative estimate of drug-likeness (QED) is 0.293. The smallest absolute Gasteiger partial charge is 0.300 e. The Hall–Kier alpha value is -4.17. The highest BCUT2D eigenvalue weighted by Gasteiger charge is 2.47. The molecule has 4 rings (SSSR count). The lowest BCUT2D eigenvalue weighted by molar-refractivity contribution is -0.132. The highest BCUT2D eigenvalue weighted by Crippen LogP contribution is 2.43. The molecule has 1 aliphatic heterocycles. The van der Waals surface area contributed by atoms with E-state index in [-0.39, 0.29) is 22.8 Å². The zero-order valence-electron chi connectivity index (χ0n) is 19.0. The molecule has 3 aromatic rings. The second kappa shape index (κ2) is 9.99. The summed E-state index contributed by atoms with van der Waals surface area (Å²) < 4.78 is 5.51. The van der Waals surface area contributed by atoms with Gasteiger partial charge in [0, 0.05) is 36.3 Å². The fraction of sp³-hybridized carbons (Fsp3) is 0.154. The maximum absolute atomic E-state index is 13.3. The number of aliphatic hydroxyl groups excluding tert-OH is 1. The summed E-state index contributed by atoms with van der Waals surface area (Å²) in [5.74, 6) is -1.95. The van der Waals surface area contributed by atoms with E-state index < -0.39 is 17.7 Å². The first-order valence-electron chi connectivity index (χ1n) is 10.8. The van der Waals surface area contributed by atoms with Gasteiger partial charge in [0.2, 0.25) is 5.91 Å². The largest absolute Gasteiger partial charge is 0.507 e. The van der Waals surface area contributed by atoms with Crippen molar-refractivity contribution in [3.8, 4) is 5.75 Å². The number of aromatic nitrogens is 1. The van der Waals surface area contributed by atoms with Crippen LogP contribution in [0.4, 0.5) is 11.4 Å². The minimum absolute atomic E-state index is 0.0871. The molecule has 1 aromatic heterocycles. The second-order valence-electron chi connectivity index (χ2n) is 7.76. The summed E-state index contributed by atoms with van der Waals surface area (Å²) >= 11 is 6.18. The lowest BCUT2D eigenvalue weighted by Crippen LogP contribution is -2.29. The van der Waals surface area contributed by atoms with Crippen molar-refractivity contribution in [3.63, 3.8) is 0 Å². The number of halogens is 1. The van der Waals surface area contributed by atoms with Gasteiger partial charge in [-0.05, 0) is 61.0 Å². The summed E-state index contributed by atoms with van der Waals surface area (Å²) in [4.78, 5) is 43.4. The van der Waals surface area contributed by atoms with Crippen LogP contribution in [0.1, 0.15) is 31.0 Å². The van der Waals surface area contributed by atoms with Crippen LogP contribution >= 0.6 is 11.6 Å². The Morgan fingerprint density at radius 3 is 2.57 bits per heavy atom. The molecule has 2 N–H and O–H groups in total. The Morgan fingerprint density at radius 1 is 1.14 bits per heavy atom. The minimum Gasteiger partial charge on any atom is -0.507 e. The number of ketones is 1. The molecule has 2 amide bonds. The third-order valence-corrected chi connectivity index (χ3v) is 5.73. The van der Waals surface area contributed by atoms with E-state index in [2.05, 4.69) is 10.3 Å². The lowest BCUT2D eigenvalue weighted by atomic mass is 9.95. The molecule has 8 nitrogen and oxygen atoms in total. The van der Waals surface area contributed by atoms with Gasteiger partial charge in [0.05, 0.1) is 23.2 Å². The van der Waals surface area contributed by atoms with E-state index >= 15 is 0 Å². The lowest BCUT2D eigenvalue weighted by Gasteiger charge is -2.25. The molecule has 1 saturated heterocycles. The third-order valence-electron chi connectivity index (χ3n) is 5.42. The van der Waals surface area contributed by atoms with Crippen LogP contribution in [0.15, 0.2) is 72.6 Å². The van der Waals surface area contributed by atoms with E-state index in [1.807, 2.05) is 0 Å². The molecule has 1 fully saturated rings. The van der Waals surface area contributed by atoms with Crippen molar-refractivity contribution >= 4 is 46.3 Å². The number of Topliss-reactive ketones (excluding diaryl/α,β-unsaturated/α-hetero) is 1. The zero-order valence-corrected chi connectivity index (χ0v) is 19.7. The highest BCUT2D eigenvalue weighted by atomic mass is 35.5. The van der Waals surface area contributed by atoms with Crippen LogP contribution in [0.3, 0.4) is 0 Å². The molecule has 0 saturated carbocycles. The number of hydrogen-bond donors (Lipinski definition) is 2. The maximum atomic E-state index is 13.3. The van der Waals surface area contributed by atoms with Gasteiger partial charge < -0.3 is 15.2 Å². The Balaban J connectivity index is 1.90. The molecule has 0 spiro atoms. The summed E-state index contributed by atoms with van der Waals surface area (Å²) in [6.07, 6.45) is 3.08. The van der Waals surface area contributed by atoms with Crippen LogP contribution in [-0.4, -0.2) is 34.3 Å². The molecule has 1 aliphatic rings. The predicted molar refractivity (Wildman–Crippen MR) is 132 cm³/mol. The number of nitrogens with one attached hydrogen (secondary N) is 1. The fourth-order valence-corrected chi connectivity index (χ4v) is 4.14. The number of hydrogen-bond acceptors (Lipinski definition) is 6. The topological polar surface area (TPSA) is 109 Å². The van der Waals surface area contributed by atoms with E-state index in [9.17, 15) is 19.5 Å². The number of benzene rings is 2. The van der Waals surface area contributed by atoms with Crippen molar-refractivity contribution in [1.82, 2.24) is 4.98 Å². The van der Waals surface area contributed by atoms with Gasteiger partial charge in [-0.3, -0.25) is 24.3 Å². The van der Waals surface area contributed by atoms with Crippen LogP contribution < -0.4 is 15.0 Å². The Bertz CT molecular complexity index is 1340. The number of anilines is 2. The van der Waals surface area contributed by atoms with Crippen molar-refractivity contribution < 1.29 is 24.2 Å². The van der Waals surface area contributed by atoms with Gasteiger partial charge in [-0.25, -0.2) is 0 Å². The van der Waals surface area contributed by atoms with E-state index in [0.717, 1.165) is 0 Å². The normalized spacial score (nSPS) is 16.9. The number of rotatable bonds is 6. The molecular formula is C26H22ClN3O5. The molecule has 2 heterocycles. The standard InChI is InChI=1S/C26H22ClN3O5/c1-3-35-21-13-17(7-8-20(21)27)24(32)22-23(16-9-11-28-12-10-16)30(26(34)25(22)33)19-6-4-5-18(14-19)29-15(2)31/h4-14,23,32H,3H2,1-2H3,(H,29,31)/b24-22+. The number of pyridine rings is 1. The molecule has 1 atom stereocenters. The monoisotopic (exact) mass is 491 g/mol. The summed E-state index contributed by atoms with van der Waals surface area (Å²) in [5, 5.41) is 14.3. The summed E-state index contributed by atoms with van der Waals surface area (Å²) in [6.45, 7) is 3.53. The molecule has 0 radical (unpaired) electrons. The van der Waals surface area contributed by atoms with Crippen LogP contribution in [0.5, 0.6) is 5.75 Å². The minimum atomic E-state index is -0.934. The first kappa shape index (κ1) is 24.0. The number of nitrogens with zero attached hydrogens (tertiary/aromatic N) is 2. The fourth-order valence-electron chi connectivity index (χ4n) is 3.97. The molecule has 0 bridgehead atoms. The van der Waals surface area contributed by atoms with Gasteiger partial charge in [-0.1, -0.05) is 17.7 Å². The molecule has 0 aliphatic carbocycles. The molecule has 9 heteroatoms. The first-order chi connectivity index (χ1) is 16.8. The number of carbonyl (C=O) groups is 3. The molecule has 2 aromatic carbocycles. The Kier molecular flexibility index (Phi) is 6.84. The SMILES string of the molecule is CCOc1cc(/C(O)=C2\C(=O)C(=O)N(c3cccc(NC(C)=O)c3)C2c2ccncc2)ccc1Cl. The number of ether oxygens (including phenoxy) is 1. The second-order valence-corrected chi connectivity index (χ2v) is 8.17. The van der Waals surface area contributed by atoms with Gasteiger partial charge in [0.1, 0.15) is 11.5 Å². The van der Waals surface area contributed by atoms with Crippen molar-refractivity contribution in [2.75, 3.05) is 16.8 Å². The van der Waals surface area contributed by atoms with Crippen LogP contribution in [0, 0.1) is 0 Å². The van der Waals surface area contributed by atoms with Crippen LogP contribution in [-0.2, 0) is 14.4 Å². The number of aliphatic hydroxyl groups is 1. The number of carbonyl (C=O) groups excluding carboxylic acids is 3. The van der Waals surface area contributed by atoms with Crippen molar-refractivity contribution in [3.05, 3.63) is 88.7 Å². The van der Waals surface area contributed by atoms with Crippen LogP contribution in [0.2, 0.25) is 5.02 Å². The van der Waals surface area contributed by atoms with Gasteiger partial charge in [-0.15, -0.1) is 0 Å². The van der Waals surface area contributed by atoms with Crippen LogP contribution in [0.25, 0.3) is 5.76 Å². The molecular weight excluding hydrogens is 470 g/mol. The van der Waals surface area contributed by atoms with E-state index in [1.54, 1.807) is 67.8 Å². The molecule has 178 valence electrons. The van der Waals surface area contributed by atoms with Crippen molar-refractivity contribution in [1.29, 1.82) is 0 Å². The van der Waals surface area contributed by atoms with Crippen molar-refractivity contribution in [2.45, 2.75) is 19.9 Å². The summed E-state index contributed by atoms with van der Waals surface area (Å²) in [5.41, 5.74) is 1.61. The van der Waals surface area contributed by atoms with E-state index in [0.29, 0.717) is 34.3 Å². The Labute approximate surface area is 206 Å². The number of amides is 2. The average molecular weight is 492 g/mol. The average Bonchev–Trinajstić information content (AvgIpc) is 3.11. The summed E-state index contributed by atoms with van der Waals surface area (Å²) in [7, 11) is 0. The van der Waals surface area contributed by atoms with Gasteiger partial charge in [-0.2, -0.15) is 0 Å². The predicted octanol–water partition coefficient (Wildman–Crippen LogP) is 4.72. The zero-order chi connectivity index (χ0) is 25.1. The molecule has 1 unspecified atom stereocenters. The highest BCUT2D eigenvalue weighted by molar-refractivity contribution is 6.51. The van der Waals surface area contributed by atoms with E-state index in [1.165, 1.54) is 17.9 Å². The Morgan fingerprint density at radius 2 is 1.89 bits per heavy atom. The van der Waals surface area contributed by atoms with Gasteiger partial charge in [0.15, 0.2) is 0 Å². The molecule has 35 heavy (non-hydrogen) atoms. The first-order valence-corrected chi connectivity index (χ1v) is 11.2. The van der Waals surface area contributed by atoms with E-state index in [4.69, 9.17) is 16.3 Å².